The molecule has 0 bridgehead atoms. The highest BCUT2D eigenvalue weighted by atomic mass is 16.5. The topological polar surface area (TPSA) is 9.23 Å². The van der Waals surface area contributed by atoms with Gasteiger partial charge in [-0.2, -0.15) is 0 Å². The Morgan fingerprint density at radius 3 is 2.55 bits per heavy atom. The van der Waals surface area contributed by atoms with Crippen LogP contribution in [-0.2, 0) is 0 Å². The van der Waals surface area contributed by atoms with Crippen LogP contribution in [0.15, 0.2) is 36.9 Å². The fourth-order valence-electron chi connectivity index (χ4n) is 2.63. The van der Waals surface area contributed by atoms with Gasteiger partial charge in [-0.15, -0.1) is 0 Å². The summed E-state index contributed by atoms with van der Waals surface area (Å²) in [6, 6.07) is 6.50. The van der Waals surface area contributed by atoms with Crippen LogP contribution in [-0.4, -0.2) is 7.11 Å². The fourth-order valence-corrected chi connectivity index (χ4v) is 2.63. The minimum absolute atomic E-state index is 0.573. The molecule has 0 amide bonds. The van der Waals surface area contributed by atoms with E-state index in [1.807, 2.05) is 19.9 Å². The smallest absolute Gasteiger partial charge is 0.119 e. The number of hydrogen-bond donors (Lipinski definition) is 0. The third-order valence-electron chi connectivity index (χ3n) is 4.27. The van der Waals surface area contributed by atoms with Crippen molar-refractivity contribution in [3.05, 3.63) is 48.1 Å². The zero-order valence-electron chi connectivity index (χ0n) is 15.0. The van der Waals surface area contributed by atoms with Crippen molar-refractivity contribution in [2.45, 2.75) is 59.3 Å². The molecule has 0 aromatic heterocycles. The second kappa shape index (κ2) is 9.50. The minimum atomic E-state index is 0.573. The Labute approximate surface area is 137 Å². The lowest BCUT2D eigenvalue weighted by molar-refractivity contribution is 0.414. The van der Waals surface area contributed by atoms with E-state index in [9.17, 15) is 0 Å². The fraction of sp³-hybridized carbons (Fsp3) is 0.524. The molecule has 0 saturated heterocycles. The predicted molar refractivity (Wildman–Crippen MR) is 98.6 cm³/mol. The summed E-state index contributed by atoms with van der Waals surface area (Å²) >= 11 is 0. The normalized spacial score (nSPS) is 15.6. The lowest BCUT2D eigenvalue weighted by Crippen LogP contribution is -2.00. The monoisotopic (exact) mass is 300 g/mol. The second-order valence-corrected chi connectivity index (χ2v) is 5.84. The first-order chi connectivity index (χ1) is 10.7. The zero-order chi connectivity index (χ0) is 16.5. The molecule has 1 aliphatic carbocycles. The van der Waals surface area contributed by atoms with Crippen LogP contribution >= 0.6 is 0 Å². The van der Waals surface area contributed by atoms with E-state index in [0.29, 0.717) is 5.92 Å². The summed E-state index contributed by atoms with van der Waals surface area (Å²) in [4.78, 5) is 0. The number of allylic oxidation sites excluding steroid dienone is 3. The molecular formula is C21H32O. The van der Waals surface area contributed by atoms with Gasteiger partial charge in [-0.25, -0.2) is 0 Å². The van der Waals surface area contributed by atoms with Crippen molar-refractivity contribution in [3.63, 3.8) is 0 Å². The molecule has 1 aromatic rings. The van der Waals surface area contributed by atoms with Crippen LogP contribution in [0, 0.1) is 5.92 Å². The van der Waals surface area contributed by atoms with E-state index in [1.54, 1.807) is 7.11 Å². The van der Waals surface area contributed by atoms with Crippen LogP contribution < -0.4 is 4.74 Å². The van der Waals surface area contributed by atoms with Gasteiger partial charge in [0.25, 0.3) is 0 Å². The summed E-state index contributed by atoms with van der Waals surface area (Å²) in [5, 5.41) is 0. The maximum absolute atomic E-state index is 5.42. The summed E-state index contributed by atoms with van der Waals surface area (Å²) in [6.45, 7) is 12.4. The molecular weight excluding hydrogens is 268 g/mol. The molecule has 1 aromatic carbocycles. The van der Waals surface area contributed by atoms with Crippen molar-refractivity contribution < 1.29 is 4.74 Å². The van der Waals surface area contributed by atoms with Crippen molar-refractivity contribution in [3.8, 4) is 5.75 Å². The van der Waals surface area contributed by atoms with Gasteiger partial charge in [-0.1, -0.05) is 52.5 Å². The molecule has 1 atom stereocenters. The first kappa shape index (κ1) is 18.5. The van der Waals surface area contributed by atoms with Crippen molar-refractivity contribution >= 4 is 5.57 Å². The summed E-state index contributed by atoms with van der Waals surface area (Å²) in [5.41, 5.74) is 4.20. The van der Waals surface area contributed by atoms with Gasteiger partial charge in [0.15, 0.2) is 0 Å². The maximum atomic E-state index is 5.42. The quantitative estimate of drug-likeness (QED) is 0.515. The molecule has 1 saturated carbocycles. The lowest BCUT2D eigenvalue weighted by atomic mass is 9.87. The van der Waals surface area contributed by atoms with Crippen molar-refractivity contribution in [2.75, 3.05) is 7.11 Å². The molecule has 22 heavy (non-hydrogen) atoms. The van der Waals surface area contributed by atoms with Gasteiger partial charge in [-0.3, -0.25) is 0 Å². The third kappa shape index (κ3) is 5.05. The van der Waals surface area contributed by atoms with Gasteiger partial charge in [0, 0.05) is 0 Å². The van der Waals surface area contributed by atoms with Crippen molar-refractivity contribution in [1.29, 1.82) is 0 Å². The number of hydrogen-bond acceptors (Lipinski definition) is 1. The number of benzene rings is 1. The Kier molecular flexibility index (Phi) is 8.01. The minimum Gasteiger partial charge on any atom is -0.497 e. The third-order valence-corrected chi connectivity index (χ3v) is 4.27. The first-order valence-electron chi connectivity index (χ1n) is 8.69. The van der Waals surface area contributed by atoms with Crippen LogP contribution in [0.5, 0.6) is 5.75 Å². The van der Waals surface area contributed by atoms with Gasteiger partial charge >= 0.3 is 0 Å². The molecule has 0 radical (unpaired) electrons. The standard InChI is InChI=1S/C19H26O.C2H6/c1-5-7-16(12-15-8-9-15)19-13-17(20-4)10-11-18(19)14(3)6-2;1-2/h5,7,10-11,13-15H,1,6,8-9,12H2,2-4H3;1-2H3/b16-7-;. The molecule has 1 aliphatic rings. The van der Waals surface area contributed by atoms with Gasteiger partial charge in [0.05, 0.1) is 7.11 Å². The van der Waals surface area contributed by atoms with E-state index in [0.717, 1.165) is 18.1 Å². The van der Waals surface area contributed by atoms with Gasteiger partial charge in [-0.05, 0) is 66.4 Å². The Balaban J connectivity index is 0.00000116. The largest absolute Gasteiger partial charge is 0.497 e. The molecule has 1 unspecified atom stereocenters. The van der Waals surface area contributed by atoms with Crippen LogP contribution in [0.25, 0.3) is 5.57 Å². The zero-order valence-corrected chi connectivity index (χ0v) is 15.0. The molecule has 1 heteroatoms. The van der Waals surface area contributed by atoms with Gasteiger partial charge in [0.1, 0.15) is 5.75 Å². The highest BCUT2D eigenvalue weighted by Crippen LogP contribution is 2.41. The van der Waals surface area contributed by atoms with Crippen molar-refractivity contribution in [2.24, 2.45) is 5.92 Å². The van der Waals surface area contributed by atoms with Crippen LogP contribution in [0.1, 0.15) is 70.4 Å². The van der Waals surface area contributed by atoms with E-state index in [2.05, 4.69) is 44.7 Å². The highest BCUT2D eigenvalue weighted by molar-refractivity contribution is 5.71. The molecule has 0 heterocycles. The number of methoxy groups -OCH3 is 1. The van der Waals surface area contributed by atoms with E-state index < -0.39 is 0 Å². The predicted octanol–water partition coefficient (Wildman–Crippen LogP) is 6.60. The Morgan fingerprint density at radius 1 is 1.36 bits per heavy atom. The molecule has 0 aliphatic heterocycles. The van der Waals surface area contributed by atoms with Crippen molar-refractivity contribution in [1.82, 2.24) is 0 Å². The number of rotatable bonds is 7. The summed E-state index contributed by atoms with van der Waals surface area (Å²) in [5.74, 6) is 2.39. The number of ether oxygens (including phenoxy) is 1. The van der Waals surface area contributed by atoms with Gasteiger partial charge < -0.3 is 4.74 Å². The maximum Gasteiger partial charge on any atom is 0.119 e. The molecule has 1 nitrogen and oxygen atoms in total. The summed E-state index contributed by atoms with van der Waals surface area (Å²) in [7, 11) is 1.74. The first-order valence-corrected chi connectivity index (χ1v) is 8.69. The van der Waals surface area contributed by atoms with E-state index in [-0.39, 0.29) is 0 Å². The van der Waals surface area contributed by atoms with E-state index in [1.165, 1.54) is 36.0 Å². The molecule has 122 valence electrons. The molecule has 0 spiro atoms. The summed E-state index contributed by atoms with van der Waals surface area (Å²) < 4.78 is 5.42. The average Bonchev–Trinajstić information content (AvgIpc) is 3.39. The average molecular weight is 300 g/mol. The molecule has 2 rings (SSSR count). The Hall–Kier alpha value is -1.50. The van der Waals surface area contributed by atoms with Gasteiger partial charge in [0.2, 0.25) is 0 Å². The Morgan fingerprint density at radius 2 is 2.05 bits per heavy atom. The molecule has 0 N–H and O–H groups in total. The van der Waals surface area contributed by atoms with E-state index >= 15 is 0 Å². The lowest BCUT2D eigenvalue weighted by Gasteiger charge is -2.18. The SMILES string of the molecule is C=C/C=C(/CC1CC1)c1cc(OC)ccc1C(C)CC.CC. The molecule has 1 fully saturated rings. The second-order valence-electron chi connectivity index (χ2n) is 5.84. The summed E-state index contributed by atoms with van der Waals surface area (Å²) in [6.07, 6.45) is 9.16. The van der Waals surface area contributed by atoms with E-state index in [4.69, 9.17) is 4.74 Å². The van der Waals surface area contributed by atoms with Crippen LogP contribution in [0.4, 0.5) is 0 Å². The van der Waals surface area contributed by atoms with Crippen LogP contribution in [0.2, 0.25) is 0 Å². The highest BCUT2D eigenvalue weighted by Gasteiger charge is 2.24. The Bertz CT molecular complexity index is 495. The van der Waals surface area contributed by atoms with Crippen LogP contribution in [0.3, 0.4) is 0 Å².